The van der Waals surface area contributed by atoms with Gasteiger partial charge in [0.05, 0.1) is 49.3 Å². The first kappa shape index (κ1) is 86.4. The molecule has 6 heteroatoms. The molecule has 0 N–H and O–H groups in total. The van der Waals surface area contributed by atoms with Crippen LogP contribution in [0.1, 0.15) is 66.8 Å². The molecule has 3 aromatic heterocycles. The minimum Gasteiger partial charge on any atom is -0.345 e. The Morgan fingerprint density at radius 1 is 0.133 bits per heavy atom. The summed E-state index contributed by atoms with van der Waals surface area (Å²) in [6, 6.07) is 200. The van der Waals surface area contributed by atoms with Crippen LogP contribution in [0.5, 0.6) is 0 Å². The SMILES string of the molecule is CN(c1ccc(-c2ccccc2)cc1)c1ccc2c(c1)C1(c3ccccc3-c3ccccc31)c1cc(-n3c4ccccc4c4ccccc43)ccc1-2.CN(c1cccc(-c2ccccc2)c1)c1ccc2c(c1)C1(c3ccccc3-c3ccccc31)c1cc(-n3c4ccccc4c4ccccc43)ccc1-2.CN(c1ccccc1)c1ccc2c(c1)C1(c3ccccc3-c3ccccc31)c1cc(-n3c4ccccc4c4ccccc43)ccc1-2. The summed E-state index contributed by atoms with van der Waals surface area (Å²) >= 11 is 0. The van der Waals surface area contributed by atoms with Gasteiger partial charge in [-0.3, -0.25) is 0 Å². The number of hydrogen-bond donors (Lipinski definition) is 0. The maximum atomic E-state index is 2.49. The fourth-order valence-electron chi connectivity index (χ4n) is 27.1. The average molecular weight is 1910 g/mol. The fraction of sp³-hybridized carbons (Fsp3) is 0.0417. The Morgan fingerprint density at radius 3 is 0.627 bits per heavy atom. The van der Waals surface area contributed by atoms with Crippen LogP contribution in [0.4, 0.5) is 34.1 Å². The second-order valence-electron chi connectivity index (χ2n) is 40.9. The molecule has 3 spiro atoms. The van der Waals surface area contributed by atoms with Crippen LogP contribution in [0.25, 0.3) is 171 Å². The monoisotopic (exact) mass is 1910 g/mol. The summed E-state index contributed by atoms with van der Waals surface area (Å²) in [6.07, 6.45) is 0. The summed E-state index contributed by atoms with van der Waals surface area (Å²) < 4.78 is 7.35. The van der Waals surface area contributed by atoms with Crippen molar-refractivity contribution < 1.29 is 0 Å². The molecule has 0 aliphatic heterocycles. The van der Waals surface area contributed by atoms with Crippen LogP contribution >= 0.6 is 0 Å². The summed E-state index contributed by atoms with van der Waals surface area (Å²) in [5.41, 5.74) is 53.3. The molecule has 0 atom stereocenters. The number of benzene rings is 23. The number of nitrogens with zero attached hydrogens (tertiary/aromatic N) is 6. The molecule has 6 aliphatic rings. The predicted molar refractivity (Wildman–Crippen MR) is 626 cm³/mol. The first-order valence-corrected chi connectivity index (χ1v) is 52.2. The number of anilines is 6. The normalized spacial score (nSPS) is 13.3. The van der Waals surface area contributed by atoms with Gasteiger partial charge >= 0.3 is 0 Å². The van der Waals surface area contributed by atoms with Crippen molar-refractivity contribution in [1.29, 1.82) is 0 Å². The maximum absolute atomic E-state index is 2.49. The number of para-hydroxylation sites is 7. The smallest absolute Gasteiger partial charge is 0.0727 e. The Bertz CT molecular complexity index is 9760. The van der Waals surface area contributed by atoms with Crippen LogP contribution in [0.15, 0.2) is 540 Å². The van der Waals surface area contributed by atoms with Gasteiger partial charge in [0.1, 0.15) is 0 Å². The van der Waals surface area contributed by atoms with E-state index >= 15 is 0 Å². The average Bonchev–Trinajstić information content (AvgIpc) is 1.51. The van der Waals surface area contributed by atoms with E-state index < -0.39 is 16.2 Å². The summed E-state index contributed by atoms with van der Waals surface area (Å²) in [5, 5.41) is 7.66. The minimum absolute atomic E-state index is 0.430. The van der Waals surface area contributed by atoms with Gasteiger partial charge in [0, 0.05) is 105 Å². The Kier molecular flexibility index (Phi) is 19.4. The van der Waals surface area contributed by atoms with E-state index in [1.54, 1.807) is 0 Å². The zero-order valence-electron chi connectivity index (χ0n) is 83.1. The largest absolute Gasteiger partial charge is 0.345 e. The van der Waals surface area contributed by atoms with Crippen molar-refractivity contribution >= 4 is 99.5 Å². The second kappa shape index (κ2) is 33.7. The lowest BCUT2D eigenvalue weighted by Gasteiger charge is -2.32. The van der Waals surface area contributed by atoms with Gasteiger partial charge in [-0.15, -0.1) is 0 Å². The van der Waals surface area contributed by atoms with E-state index in [9.17, 15) is 0 Å². The highest BCUT2D eigenvalue weighted by Crippen LogP contribution is 2.68. The topological polar surface area (TPSA) is 24.5 Å². The van der Waals surface area contributed by atoms with Gasteiger partial charge in [0.15, 0.2) is 0 Å². The molecule has 0 saturated carbocycles. The maximum Gasteiger partial charge on any atom is 0.0727 e. The Balaban J connectivity index is 0.000000104. The molecule has 0 radical (unpaired) electrons. The molecule has 0 amide bonds. The summed E-state index contributed by atoms with van der Waals surface area (Å²) in [6.45, 7) is 0. The molecule has 26 aromatic rings. The Labute approximate surface area is 871 Å². The summed E-state index contributed by atoms with van der Waals surface area (Å²) in [7, 11) is 6.55. The highest BCUT2D eigenvalue weighted by atomic mass is 15.1. The van der Waals surface area contributed by atoms with Gasteiger partial charge in [-0.25, -0.2) is 0 Å². The van der Waals surface area contributed by atoms with Gasteiger partial charge in [-0.1, -0.05) is 394 Å². The van der Waals surface area contributed by atoms with Crippen LogP contribution in [0.2, 0.25) is 0 Å². The molecular formula is C144H98N6. The Morgan fingerprint density at radius 2 is 0.327 bits per heavy atom. The zero-order valence-corrected chi connectivity index (χ0v) is 83.1. The van der Waals surface area contributed by atoms with Crippen molar-refractivity contribution in [3.8, 4) is 106 Å². The number of aromatic nitrogens is 3. The molecule has 32 rings (SSSR count). The molecule has 3 heterocycles. The molecular weight excluding hydrogens is 1810 g/mol. The lowest BCUT2D eigenvalue weighted by Crippen LogP contribution is -2.26. The summed E-state index contributed by atoms with van der Waals surface area (Å²) in [4.78, 5) is 6.95. The third-order valence-corrected chi connectivity index (χ3v) is 33.7. The highest BCUT2D eigenvalue weighted by molar-refractivity contribution is 6.13. The van der Waals surface area contributed by atoms with Crippen LogP contribution in [-0.4, -0.2) is 34.8 Å². The lowest BCUT2D eigenvalue weighted by molar-refractivity contribution is 0.792. The molecule has 23 aromatic carbocycles. The van der Waals surface area contributed by atoms with E-state index in [1.165, 1.54) is 261 Å². The predicted octanol–water partition coefficient (Wildman–Crippen LogP) is 36.0. The van der Waals surface area contributed by atoms with Gasteiger partial charge < -0.3 is 28.4 Å². The van der Waals surface area contributed by atoms with Gasteiger partial charge in [-0.2, -0.15) is 0 Å². The summed E-state index contributed by atoms with van der Waals surface area (Å²) in [5.74, 6) is 0. The van der Waals surface area contributed by atoms with Crippen LogP contribution < -0.4 is 14.7 Å². The lowest BCUT2D eigenvalue weighted by atomic mass is 9.70. The van der Waals surface area contributed by atoms with E-state index in [0.29, 0.717) is 0 Å². The van der Waals surface area contributed by atoms with Crippen molar-refractivity contribution in [3.63, 3.8) is 0 Å². The first-order valence-electron chi connectivity index (χ1n) is 52.2. The Hall–Kier alpha value is -19.1. The van der Waals surface area contributed by atoms with Crippen molar-refractivity contribution in [2.75, 3.05) is 35.8 Å². The molecule has 0 unspecified atom stereocenters. The van der Waals surface area contributed by atoms with Crippen LogP contribution in [0.3, 0.4) is 0 Å². The number of fused-ring (bicyclic) bond motifs is 39. The fourth-order valence-corrected chi connectivity index (χ4v) is 27.1. The number of hydrogen-bond acceptors (Lipinski definition) is 3. The van der Waals surface area contributed by atoms with Crippen molar-refractivity contribution in [3.05, 3.63) is 607 Å². The quantitative estimate of drug-likeness (QED) is 0.129. The molecule has 6 aliphatic carbocycles. The van der Waals surface area contributed by atoms with Gasteiger partial charge in [-0.05, 0) is 301 Å². The number of rotatable bonds is 11. The van der Waals surface area contributed by atoms with Crippen LogP contribution in [-0.2, 0) is 16.2 Å². The van der Waals surface area contributed by atoms with Crippen molar-refractivity contribution in [1.82, 2.24) is 13.7 Å². The molecule has 0 bridgehead atoms. The van der Waals surface area contributed by atoms with Crippen molar-refractivity contribution in [2.24, 2.45) is 0 Å². The van der Waals surface area contributed by atoms with Gasteiger partial charge in [0.2, 0.25) is 0 Å². The molecule has 6 nitrogen and oxygen atoms in total. The first-order chi connectivity index (χ1) is 74.2. The van der Waals surface area contributed by atoms with E-state index in [1.807, 2.05) is 0 Å². The highest BCUT2D eigenvalue weighted by Gasteiger charge is 2.56. The van der Waals surface area contributed by atoms with E-state index in [-0.39, 0.29) is 0 Å². The third-order valence-electron chi connectivity index (χ3n) is 33.7. The van der Waals surface area contributed by atoms with Crippen molar-refractivity contribution in [2.45, 2.75) is 16.2 Å². The standard InChI is InChI=1S/2C50H34N2.C44H30N2/c1-51(35-17-13-16-34(30-35)33-14-3-2-4-15-33)36-26-28-40-41-29-27-37(52-48-24-11-7-20-42(48)43-21-8-12-25-49(43)52)32-47(41)50(46(40)31-36)44-22-9-5-18-38(44)39-19-6-10-23-45(39)50;1-51(35-25-23-34(24-26-35)33-13-3-2-4-14-33)36-27-29-40-41-30-28-37(52-48-21-11-7-17-42(48)43-18-8-12-22-49(43)52)32-47(41)50(46(40)31-36)44-19-9-5-15-38(44)39-16-6-10-20-45(39)50;1-45(29-13-3-2-4-14-29)30-23-25-34-35-26-24-31(46-42-21-11-7-17-36(42)37-18-8-12-22-43(37)46)28-41(35)44(40(34)27-30)38-19-9-5-15-32(38)33-16-6-10-20-39(33)44/h2*2-32H,1H3;2-28H,1H3. The molecule has 0 saturated heterocycles. The third kappa shape index (κ3) is 12.5. The molecule has 150 heavy (non-hydrogen) atoms. The van der Waals surface area contributed by atoms with E-state index in [4.69, 9.17) is 0 Å². The van der Waals surface area contributed by atoms with E-state index in [0.717, 1.165) is 11.4 Å². The molecule has 704 valence electrons. The van der Waals surface area contributed by atoms with E-state index in [2.05, 4.69) is 589 Å². The van der Waals surface area contributed by atoms with Gasteiger partial charge in [0.25, 0.3) is 0 Å². The minimum atomic E-state index is -0.463. The zero-order chi connectivity index (χ0) is 99.2. The second-order valence-corrected chi connectivity index (χ2v) is 40.9. The van der Waals surface area contributed by atoms with Crippen LogP contribution in [0, 0.1) is 0 Å². The molecule has 0 fully saturated rings.